The molecule has 1 atom stereocenters. The van der Waals surface area contributed by atoms with Crippen molar-refractivity contribution in [3.8, 4) is 11.8 Å². The Labute approximate surface area is 127 Å². The number of hydrogen-bond donors (Lipinski definition) is 0. The fourth-order valence-electron chi connectivity index (χ4n) is 2.90. The average Bonchev–Trinajstić information content (AvgIpc) is 2.91. The lowest BCUT2D eigenvalue weighted by Crippen LogP contribution is -2.38. The van der Waals surface area contributed by atoms with Crippen LogP contribution in [0.3, 0.4) is 0 Å². The monoisotopic (exact) mass is 287 g/mol. The van der Waals surface area contributed by atoms with Crippen LogP contribution in [-0.2, 0) is 0 Å². The lowest BCUT2D eigenvalue weighted by atomic mass is 10.2. The lowest BCUT2D eigenvalue weighted by molar-refractivity contribution is 0.191. The van der Waals surface area contributed by atoms with Crippen molar-refractivity contribution in [1.29, 1.82) is 5.26 Å². The average molecular weight is 287 g/mol. The Morgan fingerprint density at radius 2 is 2.10 bits per heavy atom. The first kappa shape index (κ1) is 15.8. The third-order valence-electron chi connectivity index (χ3n) is 3.92. The molecule has 114 valence electrons. The number of rotatable bonds is 7. The van der Waals surface area contributed by atoms with E-state index in [0.29, 0.717) is 11.6 Å². The van der Waals surface area contributed by atoms with Gasteiger partial charge in [0.05, 0.1) is 18.2 Å². The van der Waals surface area contributed by atoms with Crippen LogP contribution in [-0.4, -0.2) is 56.2 Å². The Morgan fingerprint density at radius 1 is 1.33 bits per heavy atom. The highest BCUT2D eigenvalue weighted by atomic mass is 16.5. The van der Waals surface area contributed by atoms with Crippen LogP contribution in [0, 0.1) is 11.3 Å². The van der Waals surface area contributed by atoms with E-state index in [4.69, 9.17) is 10.00 Å². The van der Waals surface area contributed by atoms with Crippen LogP contribution in [0.25, 0.3) is 0 Å². The van der Waals surface area contributed by atoms with E-state index in [1.165, 1.54) is 19.4 Å². The molecule has 4 heteroatoms. The summed E-state index contributed by atoms with van der Waals surface area (Å²) in [6, 6.07) is 10.1. The summed E-state index contributed by atoms with van der Waals surface area (Å²) in [5.74, 6) is 0.847. The molecule has 0 radical (unpaired) electrons. The fourth-order valence-corrected chi connectivity index (χ4v) is 2.90. The van der Waals surface area contributed by atoms with Crippen LogP contribution in [0.4, 0.5) is 0 Å². The molecule has 1 aliphatic heterocycles. The summed E-state index contributed by atoms with van der Waals surface area (Å²) in [6.45, 7) is 4.21. The zero-order chi connectivity index (χ0) is 15.1. The van der Waals surface area contributed by atoms with Crippen molar-refractivity contribution in [3.63, 3.8) is 0 Å². The summed E-state index contributed by atoms with van der Waals surface area (Å²) in [5, 5.41) is 8.75. The van der Waals surface area contributed by atoms with Gasteiger partial charge >= 0.3 is 0 Å². The number of hydrogen-bond acceptors (Lipinski definition) is 4. The third-order valence-corrected chi connectivity index (χ3v) is 3.92. The number of nitrogens with zero attached hydrogens (tertiary/aromatic N) is 3. The highest BCUT2D eigenvalue weighted by molar-refractivity contribution is 5.34. The van der Waals surface area contributed by atoms with Crippen LogP contribution in [0.15, 0.2) is 24.3 Å². The van der Waals surface area contributed by atoms with Crippen LogP contribution in [0.1, 0.15) is 24.8 Å². The summed E-state index contributed by atoms with van der Waals surface area (Å²) >= 11 is 0. The first-order valence-electron chi connectivity index (χ1n) is 7.71. The standard InChI is InChI=1S/C17H25N3O/c1-19(2)14-16-5-3-10-20(16)11-4-12-21-17-8-6-15(13-18)7-9-17/h6-9,16H,3-5,10-12,14H2,1-2H3. The second-order valence-electron chi connectivity index (χ2n) is 5.93. The summed E-state index contributed by atoms with van der Waals surface area (Å²) in [6.07, 6.45) is 3.67. The van der Waals surface area contributed by atoms with Crippen LogP contribution in [0.2, 0.25) is 0 Å². The van der Waals surface area contributed by atoms with Gasteiger partial charge in [-0.05, 0) is 64.2 Å². The molecule has 0 bridgehead atoms. The number of nitriles is 1. The van der Waals surface area contributed by atoms with Gasteiger partial charge in [0.2, 0.25) is 0 Å². The molecule has 1 saturated heterocycles. The van der Waals surface area contributed by atoms with E-state index in [1.807, 2.05) is 12.1 Å². The molecule has 0 aromatic heterocycles. The highest BCUT2D eigenvalue weighted by Crippen LogP contribution is 2.18. The SMILES string of the molecule is CN(C)CC1CCCN1CCCOc1ccc(C#N)cc1. The number of likely N-dealkylation sites (tertiary alicyclic amines) is 1. The van der Waals surface area contributed by atoms with Crippen LogP contribution in [0.5, 0.6) is 5.75 Å². The Kier molecular flexibility index (Phi) is 6.04. The van der Waals surface area contributed by atoms with Crippen LogP contribution >= 0.6 is 0 Å². The number of likely N-dealkylation sites (N-methyl/N-ethyl adjacent to an activating group) is 1. The van der Waals surface area contributed by atoms with E-state index in [1.54, 1.807) is 12.1 Å². The fraction of sp³-hybridized carbons (Fsp3) is 0.588. The number of ether oxygens (including phenoxy) is 1. The topological polar surface area (TPSA) is 39.5 Å². The zero-order valence-electron chi connectivity index (χ0n) is 13.1. The van der Waals surface area contributed by atoms with Crippen LogP contribution < -0.4 is 4.74 Å². The van der Waals surface area contributed by atoms with Crippen molar-refractivity contribution in [2.24, 2.45) is 0 Å². The first-order chi connectivity index (χ1) is 10.2. The van der Waals surface area contributed by atoms with Gasteiger partial charge in [-0.15, -0.1) is 0 Å². The number of benzene rings is 1. The van der Waals surface area contributed by atoms with Crippen molar-refractivity contribution in [2.75, 3.05) is 40.3 Å². The molecule has 0 amide bonds. The second kappa shape index (κ2) is 8.02. The molecule has 1 fully saturated rings. The molecule has 0 spiro atoms. The molecule has 1 aliphatic rings. The minimum atomic E-state index is 0.672. The summed E-state index contributed by atoms with van der Waals surface area (Å²) in [5.41, 5.74) is 0.672. The molecule has 21 heavy (non-hydrogen) atoms. The van der Waals surface area contributed by atoms with Gasteiger partial charge in [0, 0.05) is 19.1 Å². The Balaban J connectivity index is 1.68. The smallest absolute Gasteiger partial charge is 0.119 e. The van der Waals surface area contributed by atoms with E-state index < -0.39 is 0 Å². The molecule has 0 N–H and O–H groups in total. The second-order valence-corrected chi connectivity index (χ2v) is 5.93. The van der Waals surface area contributed by atoms with E-state index in [9.17, 15) is 0 Å². The maximum atomic E-state index is 8.75. The maximum Gasteiger partial charge on any atom is 0.119 e. The van der Waals surface area contributed by atoms with Crippen molar-refractivity contribution >= 4 is 0 Å². The summed E-state index contributed by atoms with van der Waals surface area (Å²) in [7, 11) is 4.29. The lowest BCUT2D eigenvalue weighted by Gasteiger charge is -2.26. The van der Waals surface area contributed by atoms with E-state index >= 15 is 0 Å². The normalized spacial score (nSPS) is 18.9. The molecule has 1 unspecified atom stereocenters. The molecule has 1 aromatic carbocycles. The quantitative estimate of drug-likeness (QED) is 0.722. The molecular weight excluding hydrogens is 262 g/mol. The van der Waals surface area contributed by atoms with Gasteiger partial charge in [0.15, 0.2) is 0 Å². The molecule has 4 nitrogen and oxygen atoms in total. The molecule has 1 heterocycles. The zero-order valence-corrected chi connectivity index (χ0v) is 13.1. The van der Waals surface area contributed by atoms with E-state index in [0.717, 1.165) is 31.9 Å². The predicted molar refractivity (Wildman–Crippen MR) is 84.4 cm³/mol. The van der Waals surface area contributed by atoms with Gasteiger partial charge in [-0.25, -0.2) is 0 Å². The molecule has 2 rings (SSSR count). The minimum Gasteiger partial charge on any atom is -0.494 e. The largest absolute Gasteiger partial charge is 0.494 e. The van der Waals surface area contributed by atoms with E-state index in [2.05, 4.69) is 30.0 Å². The van der Waals surface area contributed by atoms with Gasteiger partial charge in [0.1, 0.15) is 5.75 Å². The van der Waals surface area contributed by atoms with E-state index in [-0.39, 0.29) is 0 Å². The highest BCUT2D eigenvalue weighted by Gasteiger charge is 2.24. The summed E-state index contributed by atoms with van der Waals surface area (Å²) in [4.78, 5) is 4.86. The van der Waals surface area contributed by atoms with Gasteiger partial charge in [0.25, 0.3) is 0 Å². The minimum absolute atomic E-state index is 0.672. The third kappa shape index (κ3) is 5.04. The van der Waals surface area contributed by atoms with Gasteiger partial charge in [-0.1, -0.05) is 0 Å². The molecule has 0 aliphatic carbocycles. The Morgan fingerprint density at radius 3 is 2.76 bits per heavy atom. The predicted octanol–water partition coefficient (Wildman–Crippen LogP) is 2.35. The molecule has 0 saturated carbocycles. The molecule has 1 aromatic rings. The molecular formula is C17H25N3O. The maximum absolute atomic E-state index is 8.75. The van der Waals surface area contributed by atoms with Gasteiger partial charge < -0.3 is 9.64 Å². The van der Waals surface area contributed by atoms with Crippen molar-refractivity contribution in [1.82, 2.24) is 9.80 Å². The summed E-state index contributed by atoms with van der Waals surface area (Å²) < 4.78 is 5.74. The van der Waals surface area contributed by atoms with Gasteiger partial charge in [-0.3, -0.25) is 4.90 Å². The first-order valence-corrected chi connectivity index (χ1v) is 7.71. The van der Waals surface area contributed by atoms with Gasteiger partial charge in [-0.2, -0.15) is 5.26 Å². The van der Waals surface area contributed by atoms with Crippen molar-refractivity contribution in [3.05, 3.63) is 29.8 Å². The Bertz CT molecular complexity index is 464. The van der Waals surface area contributed by atoms with Crippen molar-refractivity contribution < 1.29 is 4.74 Å². The Hall–Kier alpha value is -1.57. The van der Waals surface area contributed by atoms with Crippen molar-refractivity contribution in [2.45, 2.75) is 25.3 Å².